The molecule has 0 saturated heterocycles. The lowest BCUT2D eigenvalue weighted by molar-refractivity contribution is -0.167. The van der Waals surface area contributed by atoms with Gasteiger partial charge in [-0.05, 0) is 89.9 Å². The molecule has 0 rings (SSSR count). The van der Waals surface area contributed by atoms with Crippen LogP contribution in [0.15, 0.2) is 109 Å². The van der Waals surface area contributed by atoms with Crippen LogP contribution in [0.25, 0.3) is 0 Å². The summed E-state index contributed by atoms with van der Waals surface area (Å²) in [6.45, 7) is 6.47. The van der Waals surface area contributed by atoms with Gasteiger partial charge in [0, 0.05) is 19.3 Å². The minimum atomic E-state index is -0.779. The summed E-state index contributed by atoms with van der Waals surface area (Å²) in [5, 5.41) is 0. The van der Waals surface area contributed by atoms with Crippen molar-refractivity contribution in [1.82, 2.24) is 0 Å². The van der Waals surface area contributed by atoms with Crippen LogP contribution < -0.4 is 0 Å². The number of rotatable bonds is 64. The average Bonchev–Trinajstić information content (AvgIpc) is 3.49. The Hall–Kier alpha value is -3.93. The van der Waals surface area contributed by atoms with Crippen LogP contribution in [0, 0.1) is 0 Å². The van der Waals surface area contributed by atoms with E-state index >= 15 is 0 Å². The van der Waals surface area contributed by atoms with E-state index in [2.05, 4.69) is 130 Å². The third-order valence-electron chi connectivity index (χ3n) is 15.3. The highest BCUT2D eigenvalue weighted by molar-refractivity contribution is 5.71. The summed E-state index contributed by atoms with van der Waals surface area (Å²) in [7, 11) is 0. The predicted octanol–water partition coefficient (Wildman–Crippen LogP) is 24.6. The average molecular weight is 1150 g/mol. The van der Waals surface area contributed by atoms with Gasteiger partial charge in [-0.15, -0.1) is 0 Å². The second kappa shape index (κ2) is 70.6. The molecule has 0 bridgehead atoms. The summed E-state index contributed by atoms with van der Waals surface area (Å²) in [5.74, 6) is -0.891. The molecule has 0 aromatic heterocycles. The molecule has 0 heterocycles. The second-order valence-electron chi connectivity index (χ2n) is 23.4. The Labute approximate surface area is 514 Å². The molecule has 0 aliphatic heterocycles. The Kier molecular flexibility index (Phi) is 67.2. The van der Waals surface area contributed by atoms with Crippen LogP contribution in [-0.2, 0) is 28.6 Å². The van der Waals surface area contributed by atoms with Crippen LogP contribution in [0.4, 0.5) is 0 Å². The van der Waals surface area contributed by atoms with E-state index in [1.54, 1.807) is 0 Å². The van der Waals surface area contributed by atoms with Crippen LogP contribution in [0.1, 0.15) is 342 Å². The first kappa shape index (κ1) is 79.1. The first-order valence-corrected chi connectivity index (χ1v) is 35.4. The molecule has 0 fully saturated rings. The molecule has 0 aliphatic rings. The van der Waals surface area contributed by atoms with Crippen molar-refractivity contribution in [2.24, 2.45) is 0 Å². The van der Waals surface area contributed by atoms with E-state index in [1.807, 2.05) is 0 Å². The fraction of sp³-hybridized carbons (Fsp3) is 0.727. The predicted molar refractivity (Wildman–Crippen MR) is 362 cm³/mol. The number of carbonyl (C=O) groups excluding carboxylic acids is 3. The summed E-state index contributed by atoms with van der Waals surface area (Å²) in [5.41, 5.74) is 0. The third kappa shape index (κ3) is 68.7. The van der Waals surface area contributed by atoms with Crippen molar-refractivity contribution in [3.8, 4) is 0 Å². The molecule has 83 heavy (non-hydrogen) atoms. The lowest BCUT2D eigenvalue weighted by Gasteiger charge is -2.18. The maximum absolute atomic E-state index is 12.9. The zero-order valence-corrected chi connectivity index (χ0v) is 54.7. The highest BCUT2D eigenvalue weighted by Gasteiger charge is 2.19. The third-order valence-corrected chi connectivity index (χ3v) is 15.3. The quantitative estimate of drug-likeness (QED) is 0.0261. The molecule has 0 aromatic rings. The SMILES string of the molecule is CC/C=C\C/C=C\C/C=C\C/C=C\C/C=C\C/C=C\C/C=C\C/C=C\C/C=C\CCCCCCCCCC(=O)OCC(COC(=O)CCCCCCC)OC(=O)CCCCCCCCCCCCCCCCCCCCCCCCCCC. The minimum Gasteiger partial charge on any atom is -0.462 e. The maximum atomic E-state index is 12.9. The highest BCUT2D eigenvalue weighted by atomic mass is 16.6. The fourth-order valence-corrected chi connectivity index (χ4v) is 10.0. The summed E-state index contributed by atoms with van der Waals surface area (Å²) < 4.78 is 16.8. The van der Waals surface area contributed by atoms with Crippen molar-refractivity contribution in [3.63, 3.8) is 0 Å². The fourth-order valence-electron chi connectivity index (χ4n) is 10.0. The number of allylic oxidation sites excluding steroid dienone is 18. The minimum absolute atomic E-state index is 0.0791. The van der Waals surface area contributed by atoms with Gasteiger partial charge < -0.3 is 14.2 Å². The van der Waals surface area contributed by atoms with Gasteiger partial charge in [0.15, 0.2) is 6.10 Å². The van der Waals surface area contributed by atoms with E-state index < -0.39 is 6.10 Å². The molecular formula is C77H132O6. The van der Waals surface area contributed by atoms with Crippen molar-refractivity contribution in [1.29, 1.82) is 0 Å². The van der Waals surface area contributed by atoms with Gasteiger partial charge in [-0.3, -0.25) is 14.4 Å². The van der Waals surface area contributed by atoms with Crippen LogP contribution in [-0.4, -0.2) is 37.2 Å². The van der Waals surface area contributed by atoms with Gasteiger partial charge in [0.25, 0.3) is 0 Å². The lowest BCUT2D eigenvalue weighted by atomic mass is 10.0. The van der Waals surface area contributed by atoms with Crippen LogP contribution in [0.2, 0.25) is 0 Å². The molecular weight excluding hydrogens is 1020 g/mol. The molecule has 476 valence electrons. The van der Waals surface area contributed by atoms with Crippen molar-refractivity contribution in [3.05, 3.63) is 109 Å². The topological polar surface area (TPSA) is 78.9 Å². The van der Waals surface area contributed by atoms with E-state index in [9.17, 15) is 14.4 Å². The second-order valence-corrected chi connectivity index (χ2v) is 23.4. The van der Waals surface area contributed by atoms with Crippen LogP contribution in [0.3, 0.4) is 0 Å². The zero-order chi connectivity index (χ0) is 59.9. The van der Waals surface area contributed by atoms with Crippen LogP contribution in [0.5, 0.6) is 0 Å². The smallest absolute Gasteiger partial charge is 0.306 e. The van der Waals surface area contributed by atoms with E-state index in [0.717, 1.165) is 128 Å². The first-order valence-electron chi connectivity index (χ1n) is 35.4. The van der Waals surface area contributed by atoms with Crippen molar-refractivity contribution >= 4 is 17.9 Å². The van der Waals surface area contributed by atoms with Crippen molar-refractivity contribution in [2.75, 3.05) is 13.2 Å². The lowest BCUT2D eigenvalue weighted by Crippen LogP contribution is -2.30. The van der Waals surface area contributed by atoms with E-state index in [4.69, 9.17) is 14.2 Å². The Morgan fingerprint density at radius 3 is 0.735 bits per heavy atom. The van der Waals surface area contributed by atoms with Gasteiger partial charge in [0.05, 0.1) is 0 Å². The zero-order valence-electron chi connectivity index (χ0n) is 54.7. The summed E-state index contributed by atoms with van der Waals surface area (Å²) in [6.07, 6.45) is 97.4. The van der Waals surface area contributed by atoms with Crippen molar-refractivity contribution < 1.29 is 28.6 Å². The Morgan fingerprint density at radius 2 is 0.470 bits per heavy atom. The summed E-state index contributed by atoms with van der Waals surface area (Å²) >= 11 is 0. The molecule has 1 unspecified atom stereocenters. The molecule has 0 spiro atoms. The Balaban J connectivity index is 4.03. The standard InChI is InChI=1S/C77H132O6/c1-4-7-10-13-15-17-19-21-23-25-27-29-31-33-34-35-36-37-38-39-40-41-42-44-45-47-49-51-53-55-57-59-61-64-67-70-76(79)82-73-74(72-81-75(78)69-66-63-12-9-6-3)83-77(80)71-68-65-62-60-58-56-54-52-50-48-46-43-32-30-28-26-24-22-20-18-16-14-11-8-5-2/h7,10,15,17,21,23,27,29,33-34,36-37,39-40,42,44,47,49,74H,4-6,8-9,11-14,16,18-20,22,24-26,28,30-32,35,38,41,43,45-46,48,50-73H2,1-3H3/b10-7-,17-15-,23-21-,29-27-,34-33-,37-36-,40-39-,44-42-,49-47-. The van der Waals surface area contributed by atoms with E-state index in [1.165, 1.54) is 173 Å². The van der Waals surface area contributed by atoms with Gasteiger partial charge in [-0.2, -0.15) is 0 Å². The maximum Gasteiger partial charge on any atom is 0.306 e. The number of hydrogen-bond donors (Lipinski definition) is 0. The van der Waals surface area contributed by atoms with Crippen molar-refractivity contribution in [2.45, 2.75) is 348 Å². The molecule has 6 nitrogen and oxygen atoms in total. The summed E-state index contributed by atoms with van der Waals surface area (Å²) in [6, 6.07) is 0. The van der Waals surface area contributed by atoms with Gasteiger partial charge in [0.2, 0.25) is 0 Å². The van der Waals surface area contributed by atoms with Gasteiger partial charge in [-0.25, -0.2) is 0 Å². The molecule has 1 atom stereocenters. The molecule has 6 heteroatoms. The molecule has 0 aliphatic carbocycles. The van der Waals surface area contributed by atoms with E-state index in [-0.39, 0.29) is 31.1 Å². The first-order chi connectivity index (χ1) is 41.0. The largest absolute Gasteiger partial charge is 0.462 e. The number of carbonyl (C=O) groups is 3. The van der Waals surface area contributed by atoms with Gasteiger partial charge in [-0.1, -0.05) is 342 Å². The number of unbranched alkanes of at least 4 members (excludes halogenated alkanes) is 35. The Morgan fingerprint density at radius 1 is 0.253 bits per heavy atom. The summed E-state index contributed by atoms with van der Waals surface area (Å²) in [4.78, 5) is 38.0. The number of esters is 3. The Bertz CT molecular complexity index is 1660. The monoisotopic (exact) mass is 1150 g/mol. The molecule has 0 N–H and O–H groups in total. The molecule has 0 saturated carbocycles. The highest BCUT2D eigenvalue weighted by Crippen LogP contribution is 2.18. The van der Waals surface area contributed by atoms with Gasteiger partial charge in [0.1, 0.15) is 13.2 Å². The number of hydrogen-bond acceptors (Lipinski definition) is 6. The molecule has 0 aromatic carbocycles. The molecule has 0 amide bonds. The molecule has 0 radical (unpaired) electrons. The van der Waals surface area contributed by atoms with Crippen LogP contribution >= 0.6 is 0 Å². The van der Waals surface area contributed by atoms with E-state index in [0.29, 0.717) is 19.3 Å². The normalized spacial score (nSPS) is 12.8. The number of ether oxygens (including phenoxy) is 3. The van der Waals surface area contributed by atoms with Gasteiger partial charge >= 0.3 is 17.9 Å².